The van der Waals surface area contributed by atoms with Crippen LogP contribution in [0.3, 0.4) is 0 Å². The molecule has 59 heavy (non-hydrogen) atoms. The molecule has 14 nitrogen and oxygen atoms in total. The summed E-state index contributed by atoms with van der Waals surface area (Å²) in [6.07, 6.45) is 35.3. The van der Waals surface area contributed by atoms with Gasteiger partial charge in [0.05, 0.1) is 25.9 Å². The first kappa shape index (κ1) is 56.5. The van der Waals surface area contributed by atoms with E-state index in [1.165, 1.54) is 32.1 Å². The molecular formula is C43H74O14P2. The van der Waals surface area contributed by atoms with Gasteiger partial charge in [-0.3, -0.25) is 23.2 Å². The van der Waals surface area contributed by atoms with Crippen LogP contribution in [0.25, 0.3) is 0 Å². The van der Waals surface area contributed by atoms with Gasteiger partial charge < -0.3 is 34.4 Å². The third-order valence-electron chi connectivity index (χ3n) is 8.76. The van der Waals surface area contributed by atoms with E-state index in [1.54, 1.807) is 18.2 Å². The van der Waals surface area contributed by atoms with Crippen LogP contribution in [-0.2, 0) is 41.8 Å². The first-order valence-electron chi connectivity index (χ1n) is 21.1. The summed E-state index contributed by atoms with van der Waals surface area (Å²) < 4.78 is 47.5. The summed E-state index contributed by atoms with van der Waals surface area (Å²) in [5, 5.41) is 20.0. The normalized spacial score (nSPS) is 15.9. The summed E-state index contributed by atoms with van der Waals surface area (Å²) in [5.41, 5.74) is 0. The lowest BCUT2D eigenvalue weighted by atomic mass is 9.99. The van der Waals surface area contributed by atoms with Crippen LogP contribution in [0.1, 0.15) is 136 Å². The number of rotatable bonds is 38. The number of aliphatic hydroxyl groups excluding tert-OH is 2. The van der Waals surface area contributed by atoms with E-state index in [2.05, 4.69) is 72.4 Å². The zero-order valence-corrected chi connectivity index (χ0v) is 37.4. The molecular weight excluding hydrogens is 802 g/mol. The van der Waals surface area contributed by atoms with Crippen molar-refractivity contribution in [3.63, 3.8) is 0 Å². The molecule has 0 saturated heterocycles. The fourth-order valence-electron chi connectivity index (χ4n) is 5.14. The van der Waals surface area contributed by atoms with Crippen molar-refractivity contribution in [1.82, 2.24) is 0 Å². The molecule has 5 N–H and O–H groups in total. The topological polar surface area (TPSA) is 216 Å². The Hall–Kier alpha value is -2.48. The summed E-state index contributed by atoms with van der Waals surface area (Å²) in [6.45, 7) is 3.64. The molecule has 0 bridgehead atoms. The summed E-state index contributed by atoms with van der Waals surface area (Å²) in [7, 11) is -9.75. The van der Waals surface area contributed by atoms with Gasteiger partial charge in [-0.2, -0.15) is 0 Å². The predicted octanol–water partition coefficient (Wildman–Crippen LogP) is 9.44. The Bertz CT molecular complexity index is 1350. The maximum Gasteiger partial charge on any atom is 0.472 e. The molecule has 3 unspecified atom stereocenters. The minimum Gasteiger partial charge on any atom is -0.462 e. The van der Waals surface area contributed by atoms with Crippen LogP contribution < -0.4 is 0 Å². The number of hydrogen-bond acceptors (Lipinski definition) is 11. The lowest BCUT2D eigenvalue weighted by Crippen LogP contribution is -2.30. The second kappa shape index (κ2) is 37.3. The molecule has 0 aromatic rings. The highest BCUT2D eigenvalue weighted by atomic mass is 31.2. The molecule has 0 aromatic heterocycles. The zero-order chi connectivity index (χ0) is 44.0. The maximum atomic E-state index is 12.6. The molecule has 5 atom stereocenters. The average molecular weight is 877 g/mol. The molecule has 0 amide bonds. The molecule has 0 heterocycles. The maximum absolute atomic E-state index is 12.6. The number of ether oxygens (including phenoxy) is 2. The van der Waals surface area contributed by atoms with Gasteiger partial charge in [-0.15, -0.1) is 0 Å². The van der Waals surface area contributed by atoms with Gasteiger partial charge in [-0.05, 0) is 50.9 Å². The van der Waals surface area contributed by atoms with Gasteiger partial charge in [0.1, 0.15) is 12.7 Å². The minimum absolute atomic E-state index is 0.0623. The molecule has 0 rings (SSSR count). The fourth-order valence-corrected chi connectivity index (χ4v) is 6.29. The summed E-state index contributed by atoms with van der Waals surface area (Å²) in [4.78, 5) is 52.6. The van der Waals surface area contributed by atoms with Crippen molar-refractivity contribution >= 4 is 27.6 Å². The number of aliphatic hydroxyl groups is 2. The molecule has 0 aliphatic heterocycles. The van der Waals surface area contributed by atoms with Crippen molar-refractivity contribution in [1.29, 1.82) is 0 Å². The number of phosphoric ester groups is 2. The summed E-state index contributed by atoms with van der Waals surface area (Å²) in [5.74, 6) is -0.550. The smallest absolute Gasteiger partial charge is 0.462 e. The van der Waals surface area contributed by atoms with Gasteiger partial charge >= 0.3 is 27.6 Å². The second-order valence-corrected chi connectivity index (χ2v) is 17.0. The van der Waals surface area contributed by atoms with Gasteiger partial charge in [0.15, 0.2) is 6.10 Å². The van der Waals surface area contributed by atoms with Crippen molar-refractivity contribution in [3.05, 3.63) is 72.9 Å². The van der Waals surface area contributed by atoms with Gasteiger partial charge in [-0.1, -0.05) is 151 Å². The summed E-state index contributed by atoms with van der Waals surface area (Å²) in [6, 6.07) is 0. The van der Waals surface area contributed by atoms with Crippen LogP contribution in [0.4, 0.5) is 0 Å². The van der Waals surface area contributed by atoms with Crippen LogP contribution in [0.15, 0.2) is 72.9 Å². The monoisotopic (exact) mass is 876 g/mol. The number of hydrogen-bond donors (Lipinski definition) is 5. The van der Waals surface area contributed by atoms with Crippen LogP contribution in [0, 0.1) is 5.92 Å². The van der Waals surface area contributed by atoms with Crippen molar-refractivity contribution < 1.29 is 66.7 Å². The van der Waals surface area contributed by atoms with Gasteiger partial charge in [0, 0.05) is 12.8 Å². The first-order valence-corrected chi connectivity index (χ1v) is 24.2. The molecule has 0 saturated carbocycles. The number of phosphoric acid groups is 2. The average Bonchev–Trinajstić information content (AvgIpc) is 3.19. The number of carbonyl (C=O) groups excluding carboxylic acids is 2. The Labute approximate surface area is 353 Å². The Balaban J connectivity index is 4.77. The Morgan fingerprint density at radius 1 is 0.593 bits per heavy atom. The number of unbranched alkanes of at least 4 members (excludes halogenated alkanes) is 7. The number of esters is 2. The molecule has 0 aliphatic carbocycles. The SMILES string of the molecule is CC/C=C\C/C=C\C/C=C\C/C=C\C/C=C\C=C/C(O)CCC(=O)OC[C@H](COP(=O)(O)OC[C@@H](O)COP(=O)(O)O)OC(=O)CCCCCCCCCCC(C)CC. The Morgan fingerprint density at radius 2 is 1.12 bits per heavy atom. The lowest BCUT2D eigenvalue weighted by molar-refractivity contribution is -0.161. The van der Waals surface area contributed by atoms with Gasteiger partial charge in [0.2, 0.25) is 0 Å². The van der Waals surface area contributed by atoms with Crippen molar-refractivity contribution in [2.24, 2.45) is 5.92 Å². The van der Waals surface area contributed by atoms with E-state index in [4.69, 9.17) is 23.8 Å². The van der Waals surface area contributed by atoms with Crippen molar-refractivity contribution in [3.8, 4) is 0 Å². The van der Waals surface area contributed by atoms with E-state index in [0.29, 0.717) is 6.42 Å². The zero-order valence-electron chi connectivity index (χ0n) is 35.6. The van der Waals surface area contributed by atoms with Crippen LogP contribution in [0.2, 0.25) is 0 Å². The minimum atomic E-state index is -4.89. The molecule has 0 aromatic carbocycles. The van der Waals surface area contributed by atoms with E-state index < -0.39 is 72.3 Å². The van der Waals surface area contributed by atoms with E-state index in [0.717, 1.165) is 63.7 Å². The van der Waals surface area contributed by atoms with Crippen molar-refractivity contribution in [2.75, 3.05) is 26.4 Å². The van der Waals surface area contributed by atoms with Gasteiger partial charge in [0.25, 0.3) is 0 Å². The molecule has 16 heteroatoms. The standard InChI is InChI=1S/C43H74O14P2/c1-4-6-7-8-9-10-11-12-13-14-15-16-17-21-24-27-30-39(44)32-33-42(46)53-36-41(37-56-59(51,52)55-35-40(45)34-54-58(48,49)50)57-43(47)31-28-25-22-19-18-20-23-26-29-38(3)5-2/h6-7,9-10,12-13,15-16,21,24,27,30,38-41,44-45H,4-5,8,11,14,17-20,22-23,25-26,28-29,31-37H2,1-3H3,(H,51,52)(H2,48,49,50)/b7-6-,10-9-,13-12-,16-15-,24-21-,30-27-/t38?,39?,40-,41+/m0/s1. The summed E-state index contributed by atoms with van der Waals surface area (Å²) >= 11 is 0. The number of allylic oxidation sites excluding steroid dienone is 11. The Morgan fingerprint density at radius 3 is 1.69 bits per heavy atom. The molecule has 0 fully saturated rings. The molecule has 340 valence electrons. The molecule has 0 spiro atoms. The third kappa shape index (κ3) is 40.7. The predicted molar refractivity (Wildman–Crippen MR) is 231 cm³/mol. The highest BCUT2D eigenvalue weighted by Gasteiger charge is 2.28. The van der Waals surface area contributed by atoms with Gasteiger partial charge in [-0.25, -0.2) is 9.13 Å². The fraction of sp³-hybridized carbons (Fsp3) is 0.674. The van der Waals surface area contributed by atoms with E-state index >= 15 is 0 Å². The lowest BCUT2D eigenvalue weighted by Gasteiger charge is -2.20. The Kier molecular flexibility index (Phi) is 35.7. The largest absolute Gasteiger partial charge is 0.472 e. The van der Waals surface area contributed by atoms with E-state index in [-0.39, 0.29) is 19.3 Å². The highest BCUT2D eigenvalue weighted by Crippen LogP contribution is 2.43. The van der Waals surface area contributed by atoms with E-state index in [1.807, 2.05) is 12.2 Å². The van der Waals surface area contributed by atoms with Crippen LogP contribution >= 0.6 is 15.6 Å². The molecule has 0 aliphatic rings. The first-order chi connectivity index (χ1) is 28.2. The van der Waals surface area contributed by atoms with Crippen LogP contribution in [0.5, 0.6) is 0 Å². The van der Waals surface area contributed by atoms with Crippen molar-refractivity contribution in [2.45, 2.75) is 155 Å². The molecule has 0 radical (unpaired) electrons. The highest BCUT2D eigenvalue weighted by molar-refractivity contribution is 7.47. The number of carbonyl (C=O) groups is 2. The third-order valence-corrected chi connectivity index (χ3v) is 10.2. The second-order valence-electron chi connectivity index (χ2n) is 14.3. The van der Waals surface area contributed by atoms with E-state index in [9.17, 15) is 33.8 Å². The van der Waals surface area contributed by atoms with Crippen LogP contribution in [-0.4, -0.2) is 81.6 Å². The quantitative estimate of drug-likeness (QED) is 0.0128.